The second kappa shape index (κ2) is 6.36. The van der Waals surface area contributed by atoms with Gasteiger partial charge in [0.15, 0.2) is 6.04 Å². The summed E-state index contributed by atoms with van der Waals surface area (Å²) in [7, 11) is 0. The number of quaternary nitrogens is 1. The molecule has 1 atom stereocenters. The van der Waals surface area contributed by atoms with Crippen LogP contribution in [0, 0.1) is 12.7 Å². The summed E-state index contributed by atoms with van der Waals surface area (Å²) >= 11 is 1.41. The van der Waals surface area contributed by atoms with Gasteiger partial charge >= 0.3 is 0 Å². The van der Waals surface area contributed by atoms with E-state index in [2.05, 4.69) is 10.1 Å². The fraction of sp³-hybridized carbons (Fsp3) is 0.412. The monoisotopic (exact) mass is 363 g/mol. The molecule has 3 aromatic rings. The Morgan fingerprint density at radius 1 is 1.28 bits per heavy atom. The average molecular weight is 363 g/mol. The highest BCUT2D eigenvalue weighted by molar-refractivity contribution is 7.17. The molecule has 1 aromatic carbocycles. The molecule has 0 bridgehead atoms. The minimum atomic E-state index is -0.283. The van der Waals surface area contributed by atoms with E-state index in [1.54, 1.807) is 19.1 Å². The number of thiazole rings is 1. The van der Waals surface area contributed by atoms with E-state index in [9.17, 15) is 14.6 Å². The van der Waals surface area contributed by atoms with Gasteiger partial charge in [0.05, 0.1) is 19.2 Å². The Kier molecular flexibility index (Phi) is 4.18. The SMILES string of the molecule is Cc1nc2sc([C@@H](c3ccc(F)cc3)[NH+]3CCC(O)CC3)c(O)n2n1. The minimum Gasteiger partial charge on any atom is -0.492 e. The van der Waals surface area contributed by atoms with Crippen LogP contribution < -0.4 is 4.90 Å². The van der Waals surface area contributed by atoms with E-state index in [1.165, 1.54) is 32.9 Å². The molecule has 0 radical (unpaired) electrons. The van der Waals surface area contributed by atoms with Gasteiger partial charge in [-0.05, 0) is 31.2 Å². The van der Waals surface area contributed by atoms with Crippen LogP contribution in [0.15, 0.2) is 24.3 Å². The lowest BCUT2D eigenvalue weighted by Crippen LogP contribution is -3.13. The normalized spacial score (nSPS) is 22.4. The zero-order chi connectivity index (χ0) is 17.6. The van der Waals surface area contributed by atoms with E-state index in [4.69, 9.17) is 0 Å². The lowest BCUT2D eigenvalue weighted by molar-refractivity contribution is -0.931. The maximum atomic E-state index is 13.4. The Morgan fingerprint density at radius 3 is 2.60 bits per heavy atom. The quantitative estimate of drug-likeness (QED) is 0.651. The summed E-state index contributed by atoms with van der Waals surface area (Å²) in [6.07, 6.45) is 1.16. The summed E-state index contributed by atoms with van der Waals surface area (Å²) in [4.78, 5) is 7.01. The zero-order valence-corrected chi connectivity index (χ0v) is 14.6. The number of hydrogen-bond acceptors (Lipinski definition) is 5. The van der Waals surface area contributed by atoms with Crippen LogP contribution in [0.1, 0.15) is 35.1 Å². The number of aliphatic hydroxyl groups excluding tert-OH is 1. The number of aromatic nitrogens is 3. The van der Waals surface area contributed by atoms with Crippen molar-refractivity contribution in [3.05, 3.63) is 46.3 Å². The highest BCUT2D eigenvalue weighted by Crippen LogP contribution is 2.35. The van der Waals surface area contributed by atoms with Gasteiger partial charge in [0, 0.05) is 18.4 Å². The number of likely N-dealkylation sites (tertiary alicyclic amines) is 1. The number of fused-ring (bicyclic) bond motifs is 1. The molecule has 0 unspecified atom stereocenters. The van der Waals surface area contributed by atoms with Crippen LogP contribution in [-0.2, 0) is 0 Å². The molecule has 1 fully saturated rings. The van der Waals surface area contributed by atoms with E-state index in [0.29, 0.717) is 23.6 Å². The fourth-order valence-corrected chi connectivity index (χ4v) is 4.71. The average Bonchev–Trinajstić information content (AvgIpc) is 3.09. The topological polar surface area (TPSA) is 75.1 Å². The third-order valence-corrected chi connectivity index (χ3v) is 5.86. The number of nitrogens with one attached hydrogen (secondary N) is 1. The first-order chi connectivity index (χ1) is 12.0. The van der Waals surface area contributed by atoms with Crippen molar-refractivity contribution in [3.63, 3.8) is 0 Å². The molecule has 0 saturated carbocycles. The first kappa shape index (κ1) is 16.4. The predicted octanol–water partition coefficient (Wildman–Crippen LogP) is 1.07. The molecular formula is C17H20FN4O2S+. The molecule has 0 amide bonds. The number of nitrogens with zero attached hydrogens (tertiary/aromatic N) is 3. The van der Waals surface area contributed by atoms with Crippen LogP contribution >= 0.6 is 11.3 Å². The lowest BCUT2D eigenvalue weighted by atomic mass is 9.99. The molecule has 2 aromatic heterocycles. The van der Waals surface area contributed by atoms with Crippen LogP contribution in [0.2, 0.25) is 0 Å². The van der Waals surface area contributed by atoms with Gasteiger partial charge in [0.25, 0.3) is 0 Å². The molecule has 0 aliphatic carbocycles. The van der Waals surface area contributed by atoms with Gasteiger partial charge in [-0.2, -0.15) is 4.52 Å². The van der Waals surface area contributed by atoms with Crippen molar-refractivity contribution >= 4 is 16.3 Å². The number of rotatable bonds is 3. The van der Waals surface area contributed by atoms with E-state index in [1.807, 2.05) is 0 Å². The predicted molar refractivity (Wildman–Crippen MR) is 91.4 cm³/mol. The molecule has 1 aliphatic rings. The molecule has 8 heteroatoms. The summed E-state index contributed by atoms with van der Waals surface area (Å²) in [6.45, 7) is 3.36. The highest BCUT2D eigenvalue weighted by Gasteiger charge is 2.35. The number of benzene rings is 1. The van der Waals surface area contributed by atoms with Gasteiger partial charge in [-0.15, -0.1) is 5.10 Å². The van der Waals surface area contributed by atoms with E-state index in [-0.39, 0.29) is 23.8 Å². The van der Waals surface area contributed by atoms with Gasteiger partial charge in [-0.3, -0.25) is 0 Å². The summed E-state index contributed by atoms with van der Waals surface area (Å²) in [5.41, 5.74) is 0.935. The largest absolute Gasteiger partial charge is 0.492 e. The van der Waals surface area contributed by atoms with Crippen molar-refractivity contribution < 1.29 is 19.5 Å². The van der Waals surface area contributed by atoms with Gasteiger partial charge in [-0.25, -0.2) is 9.37 Å². The molecule has 1 saturated heterocycles. The Morgan fingerprint density at radius 2 is 1.96 bits per heavy atom. The first-order valence-electron chi connectivity index (χ1n) is 8.36. The number of hydrogen-bond donors (Lipinski definition) is 3. The number of halogens is 1. The summed E-state index contributed by atoms with van der Waals surface area (Å²) in [5.74, 6) is 0.419. The Hall–Kier alpha value is -2.03. The van der Waals surface area contributed by atoms with Crippen molar-refractivity contribution in [1.29, 1.82) is 0 Å². The zero-order valence-electron chi connectivity index (χ0n) is 13.8. The van der Waals surface area contributed by atoms with Crippen LogP contribution in [0.4, 0.5) is 4.39 Å². The van der Waals surface area contributed by atoms with Crippen molar-refractivity contribution in [1.82, 2.24) is 14.6 Å². The van der Waals surface area contributed by atoms with Gasteiger partial charge in [0.2, 0.25) is 10.8 Å². The molecule has 132 valence electrons. The van der Waals surface area contributed by atoms with Crippen LogP contribution in [0.3, 0.4) is 0 Å². The van der Waals surface area contributed by atoms with Crippen molar-refractivity contribution in [3.8, 4) is 5.88 Å². The molecule has 1 aliphatic heterocycles. The summed E-state index contributed by atoms with van der Waals surface area (Å²) in [6, 6.07) is 6.27. The fourth-order valence-electron chi connectivity index (χ4n) is 3.53. The number of aromatic hydroxyl groups is 1. The van der Waals surface area contributed by atoms with Crippen molar-refractivity contribution in [2.24, 2.45) is 0 Å². The second-order valence-electron chi connectivity index (χ2n) is 6.52. The van der Waals surface area contributed by atoms with Crippen molar-refractivity contribution in [2.75, 3.05) is 13.1 Å². The van der Waals surface area contributed by atoms with E-state index >= 15 is 0 Å². The molecule has 3 N–H and O–H groups in total. The molecule has 3 heterocycles. The summed E-state index contributed by atoms with van der Waals surface area (Å²) < 4.78 is 14.8. The lowest BCUT2D eigenvalue weighted by Gasteiger charge is -2.33. The van der Waals surface area contributed by atoms with E-state index < -0.39 is 0 Å². The van der Waals surface area contributed by atoms with Crippen molar-refractivity contribution in [2.45, 2.75) is 31.9 Å². The maximum absolute atomic E-state index is 13.4. The van der Waals surface area contributed by atoms with Crippen LogP contribution in [0.25, 0.3) is 4.96 Å². The Labute approximate surface area is 148 Å². The molecular weight excluding hydrogens is 343 g/mol. The number of aliphatic hydroxyl groups is 1. The molecule has 4 rings (SSSR count). The van der Waals surface area contributed by atoms with E-state index in [0.717, 1.165) is 23.5 Å². The van der Waals surface area contributed by atoms with Gasteiger partial charge in [0.1, 0.15) is 16.5 Å². The number of aryl methyl sites for hydroxylation is 1. The van der Waals surface area contributed by atoms with Gasteiger partial charge in [-0.1, -0.05) is 11.3 Å². The Balaban J connectivity index is 1.79. The van der Waals surface area contributed by atoms with Gasteiger partial charge < -0.3 is 15.1 Å². The van der Waals surface area contributed by atoms with Crippen LogP contribution in [-0.4, -0.2) is 44.0 Å². The smallest absolute Gasteiger partial charge is 0.235 e. The molecule has 0 spiro atoms. The summed E-state index contributed by atoms with van der Waals surface area (Å²) in [5, 5.41) is 24.8. The standard InChI is InChI=1S/C17H19FN4O2S/c1-10-19-17-22(20-10)16(24)15(25-17)14(11-2-4-12(18)5-3-11)21-8-6-13(23)7-9-21/h2-5,13-14,23-24H,6-9H2,1H3/p+1/t14-/m1/s1. The third kappa shape index (κ3) is 3.01. The maximum Gasteiger partial charge on any atom is 0.235 e. The highest BCUT2D eigenvalue weighted by atomic mass is 32.1. The Bertz CT molecular complexity index is 884. The molecule has 6 nitrogen and oxygen atoms in total. The number of piperidine rings is 1. The molecule has 25 heavy (non-hydrogen) atoms. The van der Waals surface area contributed by atoms with Crippen LogP contribution in [0.5, 0.6) is 5.88 Å². The third-order valence-electron chi connectivity index (χ3n) is 4.78. The minimum absolute atomic E-state index is 0.0912. The second-order valence-corrected chi connectivity index (χ2v) is 7.53. The first-order valence-corrected chi connectivity index (χ1v) is 9.17.